The maximum atomic E-state index is 11.1. The molecule has 0 radical (unpaired) electrons. The van der Waals surface area contributed by atoms with Gasteiger partial charge in [-0.05, 0) is 12.0 Å². The first-order valence-electron chi connectivity index (χ1n) is 7.05. The monoisotopic (exact) mass is 310 g/mol. The second-order valence-corrected chi connectivity index (χ2v) is 5.64. The fourth-order valence-corrected chi connectivity index (χ4v) is 2.86. The Morgan fingerprint density at radius 1 is 1.27 bits per heavy atom. The Morgan fingerprint density at radius 2 is 2.00 bits per heavy atom. The van der Waals surface area contributed by atoms with Gasteiger partial charge in [-0.25, -0.2) is 0 Å². The van der Waals surface area contributed by atoms with Gasteiger partial charge in [0.15, 0.2) is 12.5 Å². The third-order valence-electron chi connectivity index (χ3n) is 3.95. The van der Waals surface area contributed by atoms with Crippen molar-refractivity contribution in [2.24, 2.45) is 0 Å². The first kappa shape index (κ1) is 15.0. The van der Waals surface area contributed by atoms with Crippen LogP contribution in [0.4, 0.5) is 17.1 Å². The molecule has 2 aliphatic rings. The molecule has 120 valence electrons. The molecule has 1 saturated heterocycles. The SMILES string of the molecule is O=[N+]([O-])c1cc(CN2CCC(O)C2)c2c(c1)NC(O)C(O)N2. The molecule has 22 heavy (non-hydrogen) atoms. The Hall–Kier alpha value is -1.94. The molecule has 3 atom stereocenters. The topological polar surface area (TPSA) is 131 Å². The summed E-state index contributed by atoms with van der Waals surface area (Å²) >= 11 is 0. The van der Waals surface area contributed by atoms with E-state index in [0.29, 0.717) is 43.0 Å². The smallest absolute Gasteiger partial charge is 0.271 e. The lowest BCUT2D eigenvalue weighted by atomic mass is 10.1. The van der Waals surface area contributed by atoms with Crippen LogP contribution in [0.1, 0.15) is 12.0 Å². The van der Waals surface area contributed by atoms with Gasteiger partial charge in [0.2, 0.25) is 0 Å². The zero-order chi connectivity index (χ0) is 15.9. The number of β-amino-alcohol motifs (C(OH)–C–C–N with tert-alkyl or cyclic N) is 1. The second-order valence-electron chi connectivity index (χ2n) is 5.64. The van der Waals surface area contributed by atoms with Crippen molar-refractivity contribution in [3.8, 4) is 0 Å². The van der Waals surface area contributed by atoms with Crippen LogP contribution >= 0.6 is 0 Å². The van der Waals surface area contributed by atoms with E-state index >= 15 is 0 Å². The van der Waals surface area contributed by atoms with E-state index in [4.69, 9.17) is 0 Å². The Labute approximate surface area is 126 Å². The summed E-state index contributed by atoms with van der Waals surface area (Å²) in [5.74, 6) is 0. The van der Waals surface area contributed by atoms with Crippen molar-refractivity contribution in [3.63, 3.8) is 0 Å². The summed E-state index contributed by atoms with van der Waals surface area (Å²) in [5, 5.41) is 45.4. The Morgan fingerprint density at radius 3 is 2.64 bits per heavy atom. The number of aliphatic hydroxyl groups excluding tert-OH is 3. The number of nitro groups is 1. The van der Waals surface area contributed by atoms with Gasteiger partial charge in [-0.3, -0.25) is 15.0 Å². The van der Waals surface area contributed by atoms with E-state index in [9.17, 15) is 25.4 Å². The van der Waals surface area contributed by atoms with Crippen molar-refractivity contribution in [2.45, 2.75) is 31.5 Å². The average Bonchev–Trinajstić information content (AvgIpc) is 2.86. The van der Waals surface area contributed by atoms with Crippen LogP contribution in [0.15, 0.2) is 12.1 Å². The highest BCUT2D eigenvalue weighted by Gasteiger charge is 2.29. The van der Waals surface area contributed by atoms with E-state index in [-0.39, 0.29) is 11.8 Å². The summed E-state index contributed by atoms with van der Waals surface area (Å²) in [5.41, 5.74) is 1.45. The van der Waals surface area contributed by atoms with Crippen molar-refractivity contribution in [1.29, 1.82) is 0 Å². The number of likely N-dealkylation sites (tertiary alicyclic amines) is 1. The third-order valence-corrected chi connectivity index (χ3v) is 3.95. The van der Waals surface area contributed by atoms with Crippen molar-refractivity contribution < 1.29 is 20.2 Å². The fraction of sp³-hybridized carbons (Fsp3) is 0.538. The molecule has 9 nitrogen and oxygen atoms in total. The number of nitro benzene ring substituents is 1. The molecule has 0 aromatic heterocycles. The second kappa shape index (κ2) is 5.69. The largest absolute Gasteiger partial charge is 0.392 e. The number of hydrogen-bond acceptors (Lipinski definition) is 8. The van der Waals surface area contributed by atoms with Gasteiger partial charge in [0, 0.05) is 31.8 Å². The zero-order valence-corrected chi connectivity index (χ0v) is 11.8. The van der Waals surface area contributed by atoms with Crippen molar-refractivity contribution >= 4 is 17.1 Å². The molecule has 2 heterocycles. The summed E-state index contributed by atoms with van der Waals surface area (Å²) in [6.45, 7) is 1.63. The summed E-state index contributed by atoms with van der Waals surface area (Å²) in [7, 11) is 0. The maximum absolute atomic E-state index is 11.1. The standard InChI is InChI=1S/C13H18N4O5/c18-9-1-2-16(6-9)5-7-3-8(17(21)22)4-10-11(7)15-13(20)12(19)14-10/h3-4,9,12-15,18-20H,1-2,5-6H2. The van der Waals surface area contributed by atoms with Gasteiger partial charge in [0.1, 0.15) is 0 Å². The molecule has 0 spiro atoms. The molecule has 0 aliphatic carbocycles. The molecule has 3 rings (SSSR count). The molecule has 9 heteroatoms. The molecule has 1 aromatic carbocycles. The molecule has 0 saturated carbocycles. The molecule has 5 N–H and O–H groups in total. The lowest BCUT2D eigenvalue weighted by molar-refractivity contribution is -0.384. The number of nitrogens with zero attached hydrogens (tertiary/aromatic N) is 2. The van der Waals surface area contributed by atoms with Crippen LogP contribution in [-0.2, 0) is 6.54 Å². The number of nitrogens with one attached hydrogen (secondary N) is 2. The highest BCUT2D eigenvalue weighted by Crippen LogP contribution is 2.36. The number of fused-ring (bicyclic) bond motifs is 1. The van der Waals surface area contributed by atoms with Crippen LogP contribution in [0.3, 0.4) is 0 Å². The van der Waals surface area contributed by atoms with Gasteiger partial charge in [-0.2, -0.15) is 0 Å². The highest BCUT2D eigenvalue weighted by molar-refractivity contribution is 5.78. The zero-order valence-electron chi connectivity index (χ0n) is 11.8. The van der Waals surface area contributed by atoms with E-state index in [1.165, 1.54) is 12.1 Å². The molecule has 2 aliphatic heterocycles. The molecule has 1 aromatic rings. The van der Waals surface area contributed by atoms with Crippen molar-refractivity contribution in [1.82, 2.24) is 4.90 Å². The van der Waals surface area contributed by atoms with Gasteiger partial charge in [-0.1, -0.05) is 0 Å². The number of benzene rings is 1. The van der Waals surface area contributed by atoms with Crippen molar-refractivity contribution in [3.05, 3.63) is 27.8 Å². The first-order chi connectivity index (χ1) is 10.4. The fourth-order valence-electron chi connectivity index (χ4n) is 2.86. The summed E-state index contributed by atoms with van der Waals surface area (Å²) < 4.78 is 0. The Balaban J connectivity index is 1.94. The number of rotatable bonds is 3. The number of hydrogen-bond donors (Lipinski definition) is 5. The first-order valence-corrected chi connectivity index (χ1v) is 7.05. The normalized spacial score (nSPS) is 27.9. The van der Waals surface area contributed by atoms with Gasteiger partial charge < -0.3 is 26.0 Å². The summed E-state index contributed by atoms with van der Waals surface area (Å²) in [6.07, 6.45) is -2.15. The highest BCUT2D eigenvalue weighted by atomic mass is 16.6. The molecule has 3 unspecified atom stereocenters. The van der Waals surface area contributed by atoms with E-state index < -0.39 is 17.4 Å². The van der Waals surface area contributed by atoms with E-state index in [1.54, 1.807) is 0 Å². The van der Waals surface area contributed by atoms with Crippen molar-refractivity contribution in [2.75, 3.05) is 23.7 Å². The Kier molecular flexibility index (Phi) is 3.87. The number of anilines is 2. The van der Waals surface area contributed by atoms with Gasteiger partial charge in [0.25, 0.3) is 5.69 Å². The minimum atomic E-state index is -1.24. The molecule has 0 amide bonds. The van der Waals surface area contributed by atoms with E-state index in [2.05, 4.69) is 10.6 Å². The van der Waals surface area contributed by atoms with Crippen LogP contribution in [0.2, 0.25) is 0 Å². The summed E-state index contributed by atoms with van der Waals surface area (Å²) in [6, 6.07) is 2.77. The van der Waals surface area contributed by atoms with Gasteiger partial charge in [0.05, 0.1) is 22.4 Å². The van der Waals surface area contributed by atoms with Gasteiger partial charge >= 0.3 is 0 Å². The molecular formula is C13H18N4O5. The lowest BCUT2D eigenvalue weighted by Gasteiger charge is -2.31. The predicted molar refractivity (Wildman–Crippen MR) is 78.3 cm³/mol. The third kappa shape index (κ3) is 2.83. The van der Waals surface area contributed by atoms with E-state index in [1.807, 2.05) is 4.90 Å². The molecular weight excluding hydrogens is 292 g/mol. The van der Waals surface area contributed by atoms with Gasteiger partial charge in [-0.15, -0.1) is 0 Å². The lowest BCUT2D eigenvalue weighted by Crippen LogP contribution is -2.43. The van der Waals surface area contributed by atoms with E-state index in [0.717, 1.165) is 0 Å². The van der Waals surface area contributed by atoms with Crippen LogP contribution in [0, 0.1) is 10.1 Å². The minimum Gasteiger partial charge on any atom is -0.392 e. The predicted octanol–water partition coefficient (Wildman–Crippen LogP) is -0.364. The van der Waals surface area contributed by atoms with Crippen LogP contribution in [0.25, 0.3) is 0 Å². The maximum Gasteiger partial charge on any atom is 0.271 e. The quantitative estimate of drug-likeness (QED) is 0.378. The molecule has 0 bridgehead atoms. The van der Waals surface area contributed by atoms with Crippen LogP contribution < -0.4 is 10.6 Å². The Bertz CT molecular complexity index is 596. The molecule has 1 fully saturated rings. The minimum absolute atomic E-state index is 0.0913. The summed E-state index contributed by atoms with van der Waals surface area (Å²) in [4.78, 5) is 12.6. The number of non-ortho nitro benzene ring substituents is 1. The number of aliphatic hydroxyl groups is 3. The average molecular weight is 310 g/mol. The van der Waals surface area contributed by atoms with Crippen LogP contribution in [0.5, 0.6) is 0 Å². The van der Waals surface area contributed by atoms with Crippen LogP contribution in [-0.4, -0.2) is 56.8 Å².